The van der Waals surface area contributed by atoms with Crippen molar-refractivity contribution in [2.24, 2.45) is 0 Å². The summed E-state index contributed by atoms with van der Waals surface area (Å²) < 4.78 is 1.86. The number of benzene rings is 2. The van der Waals surface area contributed by atoms with E-state index in [-0.39, 0.29) is 35.8 Å². The molecule has 37 heavy (non-hydrogen) atoms. The Morgan fingerprint density at radius 3 is 1.95 bits per heavy atom. The summed E-state index contributed by atoms with van der Waals surface area (Å²) in [5, 5.41) is 0.888. The predicted molar refractivity (Wildman–Crippen MR) is 160 cm³/mol. The Morgan fingerprint density at radius 2 is 1.41 bits per heavy atom. The Hall–Kier alpha value is -2.09. The lowest BCUT2D eigenvalue weighted by Gasteiger charge is -2.30. The third-order valence-corrected chi connectivity index (χ3v) is 8.11. The van der Waals surface area contributed by atoms with Crippen LogP contribution in [0, 0.1) is 20.8 Å². The van der Waals surface area contributed by atoms with Gasteiger partial charge in [-0.2, -0.15) is 0 Å². The van der Waals surface area contributed by atoms with E-state index in [1.165, 1.54) is 33.4 Å². The van der Waals surface area contributed by atoms with Gasteiger partial charge in [0.2, 0.25) is 0 Å². The van der Waals surface area contributed by atoms with Crippen LogP contribution in [-0.2, 0) is 13.0 Å². The van der Waals surface area contributed by atoms with Gasteiger partial charge in [-0.3, -0.25) is 9.36 Å². The van der Waals surface area contributed by atoms with Crippen LogP contribution in [-0.4, -0.2) is 45.3 Å². The van der Waals surface area contributed by atoms with Gasteiger partial charge in [0, 0.05) is 43.2 Å². The third kappa shape index (κ3) is 6.87. The zero-order valence-electron chi connectivity index (χ0n) is 21.8. The highest BCUT2D eigenvalue weighted by Gasteiger charge is 2.22. The first-order valence-corrected chi connectivity index (χ1v) is 13.3. The van der Waals surface area contributed by atoms with E-state index in [0.29, 0.717) is 0 Å². The highest BCUT2D eigenvalue weighted by Crippen LogP contribution is 2.33. The Morgan fingerprint density at radius 1 is 0.865 bits per heavy atom. The van der Waals surface area contributed by atoms with Gasteiger partial charge in [0.15, 0.2) is 5.16 Å². The second-order valence-corrected chi connectivity index (χ2v) is 10.6. The molecule has 5 nitrogen and oxygen atoms in total. The fourth-order valence-corrected chi connectivity index (χ4v) is 6.07. The number of piperidine rings is 1. The Bertz CT molecular complexity index is 1230. The second-order valence-electron chi connectivity index (χ2n) is 9.57. The summed E-state index contributed by atoms with van der Waals surface area (Å²) in [6.07, 6.45) is 2.91. The molecular formula is C29H37Cl2N3O2S. The first-order valence-electron chi connectivity index (χ1n) is 12.3. The maximum absolute atomic E-state index is 12.9. The smallest absolute Gasteiger partial charge is 0.257 e. The van der Waals surface area contributed by atoms with Gasteiger partial charge in [-0.1, -0.05) is 77.0 Å². The topological polar surface area (TPSA) is 69.6 Å². The van der Waals surface area contributed by atoms with Crippen molar-refractivity contribution in [2.45, 2.75) is 51.7 Å². The van der Waals surface area contributed by atoms with Gasteiger partial charge >= 0.3 is 0 Å². The lowest BCUT2D eigenvalue weighted by atomic mass is 9.88. The van der Waals surface area contributed by atoms with Crippen molar-refractivity contribution in [3.8, 4) is 0 Å². The highest BCUT2D eigenvalue weighted by molar-refractivity contribution is 7.99. The van der Waals surface area contributed by atoms with Crippen LogP contribution in [0.1, 0.15) is 46.4 Å². The van der Waals surface area contributed by atoms with Crippen molar-refractivity contribution in [3.05, 3.63) is 98.0 Å². The average molecular weight is 563 g/mol. The maximum atomic E-state index is 12.9. The molecule has 0 radical (unpaired) electrons. The van der Waals surface area contributed by atoms with E-state index < -0.39 is 0 Å². The van der Waals surface area contributed by atoms with Gasteiger partial charge in [0.1, 0.15) is 0 Å². The van der Waals surface area contributed by atoms with Gasteiger partial charge in [-0.25, -0.2) is 4.98 Å². The number of halogens is 2. The molecule has 3 aromatic rings. The molecule has 1 aromatic heterocycles. The van der Waals surface area contributed by atoms with Crippen molar-refractivity contribution in [1.29, 1.82) is 0 Å². The standard InChI is InChI=1S/C29H33N3OS.2ClH.H2O/c1-20-4-8-23(9-5-20)27(24-10-6-21(2)7-11-24)25-12-15-31(16-13-25)17-14-26-22(3)30-29-32(28(26)33)18-19-34-29;;;/h4-11H,12-19H2,1-3H3;2*1H;1H2. The summed E-state index contributed by atoms with van der Waals surface area (Å²) >= 11 is 1.69. The van der Waals surface area contributed by atoms with Crippen LogP contribution >= 0.6 is 36.6 Å². The van der Waals surface area contributed by atoms with Gasteiger partial charge < -0.3 is 10.4 Å². The van der Waals surface area contributed by atoms with Crippen molar-refractivity contribution in [2.75, 3.05) is 25.4 Å². The molecular weight excluding hydrogens is 525 g/mol. The summed E-state index contributed by atoms with van der Waals surface area (Å²) in [4.78, 5) is 20.1. The molecule has 2 aliphatic heterocycles. The van der Waals surface area contributed by atoms with E-state index in [0.717, 1.165) is 67.6 Å². The number of nitrogens with zero attached hydrogens (tertiary/aromatic N) is 3. The Balaban J connectivity index is 0.00000160. The van der Waals surface area contributed by atoms with Gasteiger partial charge in [-0.15, -0.1) is 24.8 Å². The van der Waals surface area contributed by atoms with E-state index >= 15 is 0 Å². The highest BCUT2D eigenvalue weighted by atomic mass is 35.5. The molecule has 0 bridgehead atoms. The number of fused-ring (bicyclic) bond motifs is 1. The van der Waals surface area contributed by atoms with E-state index in [2.05, 4.69) is 67.3 Å². The van der Waals surface area contributed by atoms with Crippen LogP contribution in [0.4, 0.5) is 0 Å². The average Bonchev–Trinajstić information content (AvgIpc) is 3.31. The molecule has 2 N–H and O–H groups in total. The number of likely N-dealkylation sites (tertiary alicyclic amines) is 1. The van der Waals surface area contributed by atoms with Crippen LogP contribution in [0.2, 0.25) is 0 Å². The van der Waals surface area contributed by atoms with Crippen LogP contribution in [0.25, 0.3) is 5.57 Å². The molecule has 8 heteroatoms. The van der Waals surface area contributed by atoms with Crippen molar-refractivity contribution < 1.29 is 5.48 Å². The zero-order chi connectivity index (χ0) is 23.7. The number of aryl methyl sites for hydroxylation is 3. The molecule has 0 amide bonds. The maximum Gasteiger partial charge on any atom is 0.257 e. The SMILES string of the molecule is Cc1ccc(C(=C2CCN(CCc3c(C)nc4n(c3=O)CCS4)CC2)c2ccc(C)cc2)cc1.Cl.Cl.O. The number of thioether (sulfide) groups is 1. The zero-order valence-corrected chi connectivity index (χ0v) is 24.2. The van der Waals surface area contributed by atoms with Gasteiger partial charge in [-0.05, 0) is 56.7 Å². The molecule has 200 valence electrons. The summed E-state index contributed by atoms with van der Waals surface area (Å²) in [6.45, 7) is 10.0. The number of aromatic nitrogens is 2. The minimum Gasteiger partial charge on any atom is -0.412 e. The van der Waals surface area contributed by atoms with Gasteiger partial charge in [0.25, 0.3) is 5.56 Å². The minimum absolute atomic E-state index is 0. The third-order valence-electron chi connectivity index (χ3n) is 7.15. The summed E-state index contributed by atoms with van der Waals surface area (Å²) in [5.74, 6) is 0.955. The molecule has 5 rings (SSSR count). The first kappa shape index (κ1) is 31.1. The lowest BCUT2D eigenvalue weighted by molar-refractivity contribution is 0.259. The van der Waals surface area contributed by atoms with Crippen molar-refractivity contribution >= 4 is 42.1 Å². The molecule has 1 saturated heterocycles. The molecule has 2 aromatic carbocycles. The van der Waals surface area contributed by atoms with Gasteiger partial charge in [0.05, 0.1) is 0 Å². The molecule has 3 heterocycles. The van der Waals surface area contributed by atoms with E-state index in [1.54, 1.807) is 11.8 Å². The summed E-state index contributed by atoms with van der Waals surface area (Å²) in [5.41, 5.74) is 10.1. The molecule has 0 aliphatic carbocycles. The summed E-state index contributed by atoms with van der Waals surface area (Å²) in [6, 6.07) is 17.9. The fraction of sp³-hybridized carbons (Fsp3) is 0.379. The monoisotopic (exact) mass is 561 g/mol. The number of hydrogen-bond donors (Lipinski definition) is 0. The molecule has 0 spiro atoms. The Labute approximate surface area is 236 Å². The molecule has 0 saturated carbocycles. The predicted octanol–water partition coefficient (Wildman–Crippen LogP) is 5.43. The van der Waals surface area contributed by atoms with Crippen molar-refractivity contribution in [1.82, 2.24) is 14.5 Å². The molecule has 0 atom stereocenters. The van der Waals surface area contributed by atoms with Crippen molar-refractivity contribution in [3.63, 3.8) is 0 Å². The molecule has 2 aliphatic rings. The number of rotatable bonds is 5. The second kappa shape index (κ2) is 13.6. The first-order chi connectivity index (χ1) is 16.5. The largest absolute Gasteiger partial charge is 0.412 e. The fourth-order valence-electron chi connectivity index (χ4n) is 5.08. The van der Waals surface area contributed by atoms with Crippen LogP contribution < -0.4 is 5.56 Å². The molecule has 1 fully saturated rings. The number of hydrogen-bond acceptors (Lipinski definition) is 4. The van der Waals surface area contributed by atoms with Crippen LogP contribution in [0.5, 0.6) is 0 Å². The minimum atomic E-state index is 0. The van der Waals surface area contributed by atoms with Crippen LogP contribution in [0.15, 0.2) is 64.1 Å². The quantitative estimate of drug-likeness (QED) is 0.389. The summed E-state index contributed by atoms with van der Waals surface area (Å²) in [7, 11) is 0. The molecule has 0 unspecified atom stereocenters. The van der Waals surface area contributed by atoms with E-state index in [1.807, 2.05) is 11.5 Å². The van der Waals surface area contributed by atoms with E-state index in [9.17, 15) is 4.79 Å². The lowest BCUT2D eigenvalue weighted by Crippen LogP contribution is -2.35. The van der Waals surface area contributed by atoms with Crippen LogP contribution in [0.3, 0.4) is 0 Å². The van der Waals surface area contributed by atoms with E-state index in [4.69, 9.17) is 4.98 Å². The Kier molecular flexibility index (Phi) is 11.5. The normalized spacial score (nSPS) is 14.7.